The largest absolute Gasteiger partial charge is 0.503 e. The lowest BCUT2D eigenvalue weighted by atomic mass is 10.3. The number of carbonyl (C=O) groups excluding carboxylic acids is 2. The third-order valence-corrected chi connectivity index (χ3v) is 3.86. The van der Waals surface area contributed by atoms with Gasteiger partial charge in [0.1, 0.15) is 18.5 Å². The van der Waals surface area contributed by atoms with E-state index in [1.807, 2.05) is 73.7 Å². The molecule has 8 nitrogen and oxygen atoms in total. The predicted octanol–water partition coefficient (Wildman–Crippen LogP) is 3.99. The molecule has 1 unspecified atom stereocenters. The number of para-hydroxylation sites is 1. The Kier molecular flexibility index (Phi) is 12.8. The number of carbonyl (C=O) groups is 2. The third kappa shape index (κ3) is 11.2. The summed E-state index contributed by atoms with van der Waals surface area (Å²) < 4.78 is 15.2. The standard InChI is InChI=1S/C12H16O3.C7H8N2O3.C6H6/c1-3-12(13)15-10(2)9-14-11-7-5-4-6-8-11;1-12-4-2-3-9-5(6(4)10)7(8)11;1-2-4-6-5-3-1/h4-8,10H,3,9H2,1-2H3;2-3,10H,1H3,(H2,8,11);1-6H. The molecule has 0 aliphatic rings. The van der Waals surface area contributed by atoms with E-state index < -0.39 is 5.91 Å². The maximum atomic E-state index is 11.0. The Hall–Kier alpha value is -4.07. The molecule has 0 fully saturated rings. The van der Waals surface area contributed by atoms with Crippen LogP contribution in [-0.4, -0.2) is 41.8 Å². The molecule has 1 aromatic heterocycles. The van der Waals surface area contributed by atoms with Gasteiger partial charge in [-0.05, 0) is 19.1 Å². The number of rotatable bonds is 7. The number of amides is 1. The summed E-state index contributed by atoms with van der Waals surface area (Å²) in [7, 11) is 1.37. The minimum atomic E-state index is -0.786. The minimum Gasteiger partial charge on any atom is -0.503 e. The number of hydrogen-bond donors (Lipinski definition) is 2. The highest BCUT2D eigenvalue weighted by molar-refractivity contribution is 5.94. The van der Waals surface area contributed by atoms with Gasteiger partial charge in [-0.15, -0.1) is 0 Å². The molecule has 0 bridgehead atoms. The average molecular weight is 455 g/mol. The van der Waals surface area contributed by atoms with Crippen molar-refractivity contribution < 1.29 is 28.9 Å². The Bertz CT molecular complexity index is 925. The molecule has 0 aliphatic carbocycles. The van der Waals surface area contributed by atoms with Gasteiger partial charge in [-0.3, -0.25) is 9.59 Å². The lowest BCUT2D eigenvalue weighted by Gasteiger charge is -2.13. The highest BCUT2D eigenvalue weighted by Gasteiger charge is 2.12. The number of ether oxygens (including phenoxy) is 3. The van der Waals surface area contributed by atoms with E-state index in [4.69, 9.17) is 19.9 Å². The van der Waals surface area contributed by atoms with Gasteiger partial charge in [-0.25, -0.2) is 4.98 Å². The van der Waals surface area contributed by atoms with Crippen LogP contribution in [0.2, 0.25) is 0 Å². The van der Waals surface area contributed by atoms with Crippen LogP contribution in [0.3, 0.4) is 0 Å². The van der Waals surface area contributed by atoms with Crippen molar-refractivity contribution in [3.8, 4) is 17.2 Å². The van der Waals surface area contributed by atoms with E-state index in [9.17, 15) is 14.7 Å². The van der Waals surface area contributed by atoms with Crippen LogP contribution in [0, 0.1) is 0 Å². The Balaban J connectivity index is 0.000000268. The summed E-state index contributed by atoms with van der Waals surface area (Å²) in [6, 6.07) is 22.9. The average Bonchev–Trinajstić information content (AvgIpc) is 2.85. The highest BCUT2D eigenvalue weighted by Crippen LogP contribution is 2.26. The molecule has 1 amide bonds. The topological polar surface area (TPSA) is 121 Å². The molecular weight excluding hydrogens is 424 g/mol. The van der Waals surface area contributed by atoms with Crippen molar-refractivity contribution >= 4 is 11.9 Å². The van der Waals surface area contributed by atoms with Crippen molar-refractivity contribution in [3.05, 3.63) is 84.7 Å². The second kappa shape index (κ2) is 15.7. The molecule has 33 heavy (non-hydrogen) atoms. The monoisotopic (exact) mass is 454 g/mol. The van der Waals surface area contributed by atoms with Crippen LogP contribution in [0.25, 0.3) is 0 Å². The maximum Gasteiger partial charge on any atom is 0.305 e. The van der Waals surface area contributed by atoms with Gasteiger partial charge < -0.3 is 25.1 Å². The van der Waals surface area contributed by atoms with E-state index in [-0.39, 0.29) is 29.3 Å². The molecule has 8 heteroatoms. The van der Waals surface area contributed by atoms with Gasteiger partial charge in [0.2, 0.25) is 0 Å². The number of methoxy groups -OCH3 is 1. The summed E-state index contributed by atoms with van der Waals surface area (Å²) in [5.41, 5.74) is 4.74. The van der Waals surface area contributed by atoms with E-state index in [2.05, 4.69) is 4.98 Å². The molecule has 1 heterocycles. The Morgan fingerprint density at radius 1 is 1.00 bits per heavy atom. The fourth-order valence-electron chi connectivity index (χ4n) is 2.24. The minimum absolute atomic E-state index is 0.179. The van der Waals surface area contributed by atoms with Crippen LogP contribution in [0.15, 0.2) is 79.0 Å². The predicted molar refractivity (Wildman–Crippen MR) is 125 cm³/mol. The number of benzene rings is 2. The first-order valence-corrected chi connectivity index (χ1v) is 10.3. The van der Waals surface area contributed by atoms with Crippen LogP contribution < -0.4 is 15.2 Å². The second-order valence-corrected chi connectivity index (χ2v) is 6.51. The summed E-state index contributed by atoms with van der Waals surface area (Å²) in [5.74, 6) is -0.339. The van der Waals surface area contributed by atoms with E-state index >= 15 is 0 Å². The van der Waals surface area contributed by atoms with E-state index in [0.29, 0.717) is 13.0 Å². The van der Waals surface area contributed by atoms with E-state index in [1.54, 1.807) is 6.92 Å². The third-order valence-electron chi connectivity index (χ3n) is 3.86. The van der Waals surface area contributed by atoms with Gasteiger partial charge in [-0.2, -0.15) is 0 Å². The molecule has 176 valence electrons. The molecule has 0 saturated carbocycles. The number of aromatic hydroxyl groups is 1. The molecule has 0 aliphatic heterocycles. The summed E-state index contributed by atoms with van der Waals surface area (Å²) in [5, 5.41) is 9.27. The first-order valence-electron chi connectivity index (χ1n) is 10.3. The lowest BCUT2D eigenvalue weighted by Crippen LogP contribution is -2.21. The van der Waals surface area contributed by atoms with Crippen LogP contribution in [0.5, 0.6) is 17.2 Å². The molecule has 3 aromatic rings. The van der Waals surface area contributed by atoms with Gasteiger partial charge >= 0.3 is 5.97 Å². The second-order valence-electron chi connectivity index (χ2n) is 6.51. The molecule has 3 rings (SSSR count). The first kappa shape index (κ1) is 27.0. The number of nitrogens with two attached hydrogens (primary N) is 1. The van der Waals surface area contributed by atoms with Crippen molar-refractivity contribution in [1.82, 2.24) is 4.98 Å². The van der Waals surface area contributed by atoms with Gasteiger partial charge in [0.25, 0.3) is 5.91 Å². The van der Waals surface area contributed by atoms with Crippen LogP contribution in [0.4, 0.5) is 0 Å². The first-order chi connectivity index (χ1) is 15.9. The number of hydrogen-bond acceptors (Lipinski definition) is 7. The Morgan fingerprint density at radius 3 is 2.03 bits per heavy atom. The smallest absolute Gasteiger partial charge is 0.305 e. The zero-order valence-electron chi connectivity index (χ0n) is 19.0. The van der Waals surface area contributed by atoms with Crippen molar-refractivity contribution in [2.75, 3.05) is 13.7 Å². The zero-order valence-corrected chi connectivity index (χ0v) is 19.0. The highest BCUT2D eigenvalue weighted by atomic mass is 16.6. The number of nitrogens with zero attached hydrogens (tertiary/aromatic N) is 1. The molecule has 1 atom stereocenters. The SMILES string of the molecule is CCC(=O)OC(C)COc1ccccc1.COc1ccnc(C(N)=O)c1O.c1ccccc1. The molecule has 3 N–H and O–H groups in total. The summed E-state index contributed by atoms with van der Waals surface area (Å²) in [6.07, 6.45) is 1.52. The maximum absolute atomic E-state index is 11.0. The molecule has 0 radical (unpaired) electrons. The van der Waals surface area contributed by atoms with Gasteiger partial charge in [0.15, 0.2) is 17.2 Å². The van der Waals surface area contributed by atoms with Gasteiger partial charge in [0, 0.05) is 18.7 Å². The normalized spacial score (nSPS) is 10.3. The van der Waals surface area contributed by atoms with E-state index in [0.717, 1.165) is 5.75 Å². The number of pyridine rings is 1. The van der Waals surface area contributed by atoms with Crippen LogP contribution >= 0.6 is 0 Å². The van der Waals surface area contributed by atoms with Crippen molar-refractivity contribution in [1.29, 1.82) is 0 Å². The number of esters is 1. The molecule has 0 saturated heterocycles. The lowest BCUT2D eigenvalue weighted by molar-refractivity contribution is -0.149. The summed E-state index contributed by atoms with van der Waals surface area (Å²) in [6.45, 7) is 3.97. The van der Waals surface area contributed by atoms with Crippen LogP contribution in [0.1, 0.15) is 30.8 Å². The number of aromatic nitrogens is 1. The number of primary amides is 1. The molecule has 2 aromatic carbocycles. The van der Waals surface area contributed by atoms with Gasteiger partial charge in [-0.1, -0.05) is 61.5 Å². The van der Waals surface area contributed by atoms with Crippen molar-refractivity contribution in [3.63, 3.8) is 0 Å². The summed E-state index contributed by atoms with van der Waals surface area (Å²) >= 11 is 0. The quantitative estimate of drug-likeness (QED) is 0.518. The van der Waals surface area contributed by atoms with Crippen LogP contribution in [-0.2, 0) is 9.53 Å². The Labute approximate surface area is 193 Å². The fourth-order valence-corrected chi connectivity index (χ4v) is 2.24. The fraction of sp³-hybridized carbons (Fsp3) is 0.240. The van der Waals surface area contributed by atoms with Crippen molar-refractivity contribution in [2.24, 2.45) is 5.73 Å². The summed E-state index contributed by atoms with van der Waals surface area (Å²) in [4.78, 5) is 25.2. The molecular formula is C25H30N2O6. The Morgan fingerprint density at radius 2 is 1.55 bits per heavy atom. The van der Waals surface area contributed by atoms with E-state index in [1.165, 1.54) is 19.4 Å². The molecule has 0 spiro atoms. The zero-order chi connectivity index (χ0) is 24.5. The van der Waals surface area contributed by atoms with Gasteiger partial charge in [0.05, 0.1) is 7.11 Å². The van der Waals surface area contributed by atoms with Crippen molar-refractivity contribution in [2.45, 2.75) is 26.4 Å².